The molecule has 28 heavy (non-hydrogen) atoms. The molecule has 6 nitrogen and oxygen atoms in total. The summed E-state index contributed by atoms with van der Waals surface area (Å²) in [5, 5.41) is 8.68. The minimum absolute atomic E-state index is 0.110. The maximum atomic E-state index is 13.3. The lowest BCUT2D eigenvalue weighted by molar-refractivity contribution is 0.0782. The summed E-state index contributed by atoms with van der Waals surface area (Å²) >= 11 is 0. The Bertz CT molecular complexity index is 1070. The summed E-state index contributed by atoms with van der Waals surface area (Å²) < 4.78 is 6.69. The van der Waals surface area contributed by atoms with Gasteiger partial charge in [-0.15, -0.1) is 0 Å². The molecule has 4 rings (SSSR count). The average molecular weight is 372 g/mol. The highest BCUT2D eigenvalue weighted by Gasteiger charge is 2.25. The van der Waals surface area contributed by atoms with Gasteiger partial charge in [-0.2, -0.15) is 5.10 Å². The monoisotopic (exact) mass is 372 g/mol. The van der Waals surface area contributed by atoms with E-state index in [1.165, 1.54) is 6.26 Å². The summed E-state index contributed by atoms with van der Waals surface area (Å²) in [4.78, 5) is 15.0. The molecule has 0 spiro atoms. The first-order chi connectivity index (χ1) is 13.6. The van der Waals surface area contributed by atoms with Crippen LogP contribution in [0.25, 0.3) is 16.9 Å². The molecule has 0 saturated carbocycles. The number of nitrogens with zero attached hydrogens (tertiary/aromatic N) is 4. The zero-order valence-electron chi connectivity index (χ0n) is 15.7. The number of benzene rings is 2. The summed E-state index contributed by atoms with van der Waals surface area (Å²) in [7, 11) is 1.76. The molecule has 2 aromatic carbocycles. The summed E-state index contributed by atoms with van der Waals surface area (Å²) in [6, 6.07) is 21.3. The van der Waals surface area contributed by atoms with Crippen LogP contribution in [-0.2, 0) is 6.54 Å². The normalized spacial score (nSPS) is 10.8. The lowest BCUT2D eigenvalue weighted by Crippen LogP contribution is -2.27. The number of para-hydroxylation sites is 1. The van der Waals surface area contributed by atoms with E-state index >= 15 is 0 Å². The van der Waals surface area contributed by atoms with E-state index in [9.17, 15) is 4.79 Å². The first kappa shape index (κ1) is 17.7. The molecule has 4 aromatic rings. The quantitative estimate of drug-likeness (QED) is 0.529. The SMILES string of the molecule is Cc1c(C(=O)N(C)Cc2ccon2)c(-c2ccccc2)nn1-c1ccccc1. The molecular formula is C22H20N4O2. The third-order valence-electron chi connectivity index (χ3n) is 4.62. The number of carbonyl (C=O) groups excluding carboxylic acids is 1. The van der Waals surface area contributed by atoms with E-state index in [4.69, 9.17) is 9.62 Å². The molecule has 1 amide bonds. The molecule has 0 N–H and O–H groups in total. The molecule has 0 atom stereocenters. The lowest BCUT2D eigenvalue weighted by Gasteiger charge is -2.16. The van der Waals surface area contributed by atoms with Crippen LogP contribution >= 0.6 is 0 Å². The zero-order valence-corrected chi connectivity index (χ0v) is 15.7. The molecule has 0 aliphatic rings. The van der Waals surface area contributed by atoms with Crippen LogP contribution in [0.1, 0.15) is 21.7 Å². The molecule has 140 valence electrons. The minimum Gasteiger partial charge on any atom is -0.364 e. The van der Waals surface area contributed by atoms with Crippen LogP contribution < -0.4 is 0 Å². The molecule has 0 saturated heterocycles. The third-order valence-corrected chi connectivity index (χ3v) is 4.62. The predicted octanol–water partition coefficient (Wildman–Crippen LogP) is 4.11. The van der Waals surface area contributed by atoms with Crippen LogP contribution in [0.5, 0.6) is 0 Å². The van der Waals surface area contributed by atoms with Crippen molar-refractivity contribution in [3.63, 3.8) is 0 Å². The summed E-state index contributed by atoms with van der Waals surface area (Å²) in [6.45, 7) is 2.28. The van der Waals surface area contributed by atoms with E-state index in [2.05, 4.69) is 5.16 Å². The van der Waals surface area contributed by atoms with Gasteiger partial charge in [0.15, 0.2) is 0 Å². The first-order valence-corrected chi connectivity index (χ1v) is 9.00. The van der Waals surface area contributed by atoms with Crippen molar-refractivity contribution in [1.29, 1.82) is 0 Å². The van der Waals surface area contributed by atoms with Crippen molar-refractivity contribution < 1.29 is 9.32 Å². The topological polar surface area (TPSA) is 64.2 Å². The van der Waals surface area contributed by atoms with E-state index in [0.29, 0.717) is 23.5 Å². The van der Waals surface area contributed by atoms with Crippen LogP contribution in [-0.4, -0.2) is 32.8 Å². The maximum Gasteiger partial charge on any atom is 0.258 e. The van der Waals surface area contributed by atoms with Gasteiger partial charge in [0.1, 0.15) is 17.7 Å². The van der Waals surface area contributed by atoms with E-state index < -0.39 is 0 Å². The molecule has 0 radical (unpaired) electrons. The van der Waals surface area contributed by atoms with E-state index in [1.807, 2.05) is 72.3 Å². The minimum atomic E-state index is -0.110. The fourth-order valence-electron chi connectivity index (χ4n) is 3.20. The number of aromatic nitrogens is 3. The van der Waals surface area contributed by atoms with Gasteiger partial charge in [0.2, 0.25) is 0 Å². The Morgan fingerprint density at radius 1 is 1.04 bits per heavy atom. The van der Waals surface area contributed by atoms with Crippen molar-refractivity contribution in [1.82, 2.24) is 19.8 Å². The number of carbonyl (C=O) groups is 1. The number of amides is 1. The van der Waals surface area contributed by atoms with Gasteiger partial charge in [-0.3, -0.25) is 4.79 Å². The van der Waals surface area contributed by atoms with E-state index in [1.54, 1.807) is 18.0 Å². The Balaban J connectivity index is 1.80. The van der Waals surface area contributed by atoms with Crippen LogP contribution in [0.15, 0.2) is 77.5 Å². The second-order valence-corrected chi connectivity index (χ2v) is 6.57. The summed E-state index contributed by atoms with van der Waals surface area (Å²) in [5.41, 5.74) is 4.56. The van der Waals surface area contributed by atoms with Crippen molar-refractivity contribution >= 4 is 5.91 Å². The lowest BCUT2D eigenvalue weighted by atomic mass is 10.0. The highest BCUT2D eigenvalue weighted by Crippen LogP contribution is 2.28. The average Bonchev–Trinajstić information content (AvgIpc) is 3.36. The summed E-state index contributed by atoms with van der Waals surface area (Å²) in [5.74, 6) is -0.110. The van der Waals surface area contributed by atoms with Crippen molar-refractivity contribution in [3.05, 3.63) is 89.9 Å². The number of rotatable bonds is 5. The standard InChI is InChI=1S/C22H20N4O2/c1-16-20(22(27)25(2)15-18-13-14-28-24-18)21(17-9-5-3-6-10-17)23-26(16)19-11-7-4-8-12-19/h3-14H,15H2,1-2H3. The highest BCUT2D eigenvalue weighted by atomic mass is 16.5. The van der Waals surface area contributed by atoms with Gasteiger partial charge in [0, 0.05) is 18.7 Å². The van der Waals surface area contributed by atoms with Crippen LogP contribution in [0.4, 0.5) is 0 Å². The fourth-order valence-corrected chi connectivity index (χ4v) is 3.20. The van der Waals surface area contributed by atoms with E-state index in [-0.39, 0.29) is 5.91 Å². The van der Waals surface area contributed by atoms with Gasteiger partial charge in [0.25, 0.3) is 5.91 Å². The zero-order chi connectivity index (χ0) is 19.5. The van der Waals surface area contributed by atoms with Gasteiger partial charge in [-0.25, -0.2) is 4.68 Å². The van der Waals surface area contributed by atoms with Crippen molar-refractivity contribution in [2.45, 2.75) is 13.5 Å². The first-order valence-electron chi connectivity index (χ1n) is 9.00. The second-order valence-electron chi connectivity index (χ2n) is 6.57. The molecule has 2 aromatic heterocycles. The third kappa shape index (κ3) is 3.32. The van der Waals surface area contributed by atoms with Gasteiger partial charge in [-0.1, -0.05) is 53.7 Å². The smallest absolute Gasteiger partial charge is 0.258 e. The molecule has 0 aliphatic carbocycles. The maximum absolute atomic E-state index is 13.3. The fraction of sp³-hybridized carbons (Fsp3) is 0.136. The van der Waals surface area contributed by atoms with Gasteiger partial charge >= 0.3 is 0 Å². The predicted molar refractivity (Wildman–Crippen MR) is 106 cm³/mol. The van der Waals surface area contributed by atoms with Crippen LogP contribution in [0, 0.1) is 6.92 Å². The second kappa shape index (κ2) is 7.52. The Morgan fingerprint density at radius 2 is 1.71 bits per heavy atom. The molecule has 0 unspecified atom stereocenters. The van der Waals surface area contributed by atoms with Gasteiger partial charge in [0.05, 0.1) is 23.5 Å². The van der Waals surface area contributed by atoms with Crippen LogP contribution in [0.2, 0.25) is 0 Å². The highest BCUT2D eigenvalue weighted by molar-refractivity contribution is 6.01. The Labute approximate surface area is 163 Å². The van der Waals surface area contributed by atoms with Gasteiger partial charge in [-0.05, 0) is 19.1 Å². The molecular weight excluding hydrogens is 352 g/mol. The Morgan fingerprint density at radius 3 is 2.36 bits per heavy atom. The van der Waals surface area contributed by atoms with Crippen molar-refractivity contribution in [2.75, 3.05) is 7.05 Å². The Hall–Kier alpha value is -3.67. The summed E-state index contributed by atoms with van der Waals surface area (Å²) in [6.07, 6.45) is 1.50. The molecule has 2 heterocycles. The van der Waals surface area contributed by atoms with Gasteiger partial charge < -0.3 is 9.42 Å². The Kier molecular flexibility index (Phi) is 4.76. The molecule has 0 fully saturated rings. The molecule has 0 aliphatic heterocycles. The number of hydrogen-bond donors (Lipinski definition) is 0. The molecule has 6 heteroatoms. The van der Waals surface area contributed by atoms with E-state index in [0.717, 1.165) is 16.9 Å². The van der Waals surface area contributed by atoms with Crippen molar-refractivity contribution in [3.8, 4) is 16.9 Å². The van der Waals surface area contributed by atoms with Crippen molar-refractivity contribution in [2.24, 2.45) is 0 Å². The molecule has 0 bridgehead atoms. The van der Waals surface area contributed by atoms with Crippen LogP contribution in [0.3, 0.4) is 0 Å². The largest absolute Gasteiger partial charge is 0.364 e. The number of hydrogen-bond acceptors (Lipinski definition) is 4.